The van der Waals surface area contributed by atoms with Crippen molar-refractivity contribution in [1.29, 1.82) is 0 Å². The van der Waals surface area contributed by atoms with E-state index in [4.69, 9.17) is 0 Å². The normalized spacial score (nSPS) is 10.6. The molecule has 0 aliphatic carbocycles. The third-order valence-corrected chi connectivity index (χ3v) is 3.01. The molecule has 0 spiro atoms. The minimum Gasteiger partial charge on any atom is -0.355 e. The molecule has 1 heterocycles. The van der Waals surface area contributed by atoms with Crippen LogP contribution in [-0.4, -0.2) is 16.1 Å². The standard InChI is InChI=1S/C15H21N3/c1-4-5-10-16-15-17-13(3)11-18(15)14-9-7-6-8-12(14)2/h6-9,11H,4-5,10H2,1-3H3,(H,16,17). The minimum atomic E-state index is 0.940. The molecule has 0 saturated carbocycles. The molecule has 96 valence electrons. The van der Waals surface area contributed by atoms with Gasteiger partial charge in [-0.15, -0.1) is 0 Å². The van der Waals surface area contributed by atoms with Crippen LogP contribution in [0.5, 0.6) is 0 Å². The van der Waals surface area contributed by atoms with Crippen molar-refractivity contribution in [3.8, 4) is 5.69 Å². The van der Waals surface area contributed by atoms with E-state index in [1.165, 1.54) is 24.1 Å². The first-order valence-corrected chi connectivity index (χ1v) is 6.58. The second-order valence-electron chi connectivity index (χ2n) is 4.64. The van der Waals surface area contributed by atoms with Crippen molar-refractivity contribution in [1.82, 2.24) is 9.55 Å². The molecule has 0 fully saturated rings. The van der Waals surface area contributed by atoms with Crippen molar-refractivity contribution in [3.05, 3.63) is 41.7 Å². The molecule has 0 aliphatic rings. The highest BCUT2D eigenvalue weighted by atomic mass is 15.2. The van der Waals surface area contributed by atoms with Gasteiger partial charge < -0.3 is 5.32 Å². The molecule has 0 radical (unpaired) electrons. The summed E-state index contributed by atoms with van der Waals surface area (Å²) in [7, 11) is 0. The molecular weight excluding hydrogens is 222 g/mol. The van der Waals surface area contributed by atoms with Gasteiger partial charge in [0, 0.05) is 12.7 Å². The highest BCUT2D eigenvalue weighted by Gasteiger charge is 2.08. The van der Waals surface area contributed by atoms with Gasteiger partial charge in [0.2, 0.25) is 5.95 Å². The van der Waals surface area contributed by atoms with Crippen molar-refractivity contribution >= 4 is 5.95 Å². The Morgan fingerprint density at radius 1 is 1.22 bits per heavy atom. The summed E-state index contributed by atoms with van der Waals surface area (Å²) in [5, 5.41) is 3.41. The molecule has 0 saturated heterocycles. The van der Waals surface area contributed by atoms with Gasteiger partial charge in [-0.05, 0) is 31.9 Å². The third-order valence-electron chi connectivity index (χ3n) is 3.01. The van der Waals surface area contributed by atoms with Crippen LogP contribution in [0.4, 0.5) is 5.95 Å². The zero-order valence-electron chi connectivity index (χ0n) is 11.4. The lowest BCUT2D eigenvalue weighted by atomic mass is 10.2. The van der Waals surface area contributed by atoms with Gasteiger partial charge >= 0.3 is 0 Å². The third kappa shape index (κ3) is 2.73. The van der Waals surface area contributed by atoms with Crippen molar-refractivity contribution < 1.29 is 0 Å². The number of rotatable bonds is 5. The summed E-state index contributed by atoms with van der Waals surface area (Å²) in [6, 6.07) is 8.38. The van der Waals surface area contributed by atoms with Crippen LogP contribution in [0.3, 0.4) is 0 Å². The Morgan fingerprint density at radius 2 is 2.00 bits per heavy atom. The molecule has 2 aromatic rings. The highest BCUT2D eigenvalue weighted by Crippen LogP contribution is 2.19. The van der Waals surface area contributed by atoms with Crippen LogP contribution in [0.2, 0.25) is 0 Å². The summed E-state index contributed by atoms with van der Waals surface area (Å²) in [6.07, 6.45) is 4.44. The average molecular weight is 243 g/mol. The number of unbranched alkanes of at least 4 members (excludes halogenated alkanes) is 1. The first-order chi connectivity index (χ1) is 8.72. The summed E-state index contributed by atoms with van der Waals surface area (Å²) in [4.78, 5) is 4.55. The van der Waals surface area contributed by atoms with Crippen molar-refractivity contribution in [2.75, 3.05) is 11.9 Å². The number of hydrogen-bond acceptors (Lipinski definition) is 2. The van der Waals surface area contributed by atoms with Gasteiger partial charge in [0.1, 0.15) is 0 Å². The van der Waals surface area contributed by atoms with Gasteiger partial charge in [0.25, 0.3) is 0 Å². The molecule has 0 atom stereocenters. The predicted molar refractivity (Wildman–Crippen MR) is 76.4 cm³/mol. The first-order valence-electron chi connectivity index (χ1n) is 6.58. The molecule has 0 aliphatic heterocycles. The van der Waals surface area contributed by atoms with Crippen molar-refractivity contribution in [3.63, 3.8) is 0 Å². The number of benzene rings is 1. The van der Waals surface area contributed by atoms with Gasteiger partial charge in [-0.3, -0.25) is 4.57 Å². The molecule has 3 nitrogen and oxygen atoms in total. The molecule has 1 aromatic heterocycles. The fourth-order valence-corrected chi connectivity index (χ4v) is 2.02. The second kappa shape index (κ2) is 5.71. The van der Waals surface area contributed by atoms with Gasteiger partial charge in [0.05, 0.1) is 11.4 Å². The van der Waals surface area contributed by atoms with Gasteiger partial charge in [0.15, 0.2) is 0 Å². The van der Waals surface area contributed by atoms with E-state index in [9.17, 15) is 0 Å². The Kier molecular flexibility index (Phi) is 4.03. The molecule has 0 amide bonds. The molecule has 1 N–H and O–H groups in total. The van der Waals surface area contributed by atoms with Gasteiger partial charge in [-0.2, -0.15) is 0 Å². The predicted octanol–water partition coefficient (Wildman–Crippen LogP) is 3.70. The minimum absolute atomic E-state index is 0.940. The number of para-hydroxylation sites is 1. The lowest BCUT2D eigenvalue weighted by Crippen LogP contribution is -2.08. The number of anilines is 1. The molecule has 0 bridgehead atoms. The lowest BCUT2D eigenvalue weighted by Gasteiger charge is -2.11. The first kappa shape index (κ1) is 12.7. The summed E-state index contributed by atoms with van der Waals surface area (Å²) in [5.41, 5.74) is 3.49. The van der Waals surface area contributed by atoms with Crippen molar-refractivity contribution in [2.24, 2.45) is 0 Å². The fraction of sp³-hybridized carbons (Fsp3) is 0.400. The van der Waals surface area contributed by atoms with Crippen molar-refractivity contribution in [2.45, 2.75) is 33.6 Å². The van der Waals surface area contributed by atoms with Crippen LogP contribution >= 0.6 is 0 Å². The van der Waals surface area contributed by atoms with Crippen LogP contribution in [-0.2, 0) is 0 Å². The van der Waals surface area contributed by atoms with E-state index >= 15 is 0 Å². The number of nitrogens with zero attached hydrogens (tertiary/aromatic N) is 2. The smallest absolute Gasteiger partial charge is 0.207 e. The molecule has 0 unspecified atom stereocenters. The SMILES string of the molecule is CCCCNc1nc(C)cn1-c1ccccc1C. The maximum Gasteiger partial charge on any atom is 0.207 e. The van der Waals surface area contributed by atoms with E-state index in [0.717, 1.165) is 18.2 Å². The van der Waals surface area contributed by atoms with Crippen LogP contribution in [0.25, 0.3) is 5.69 Å². The quantitative estimate of drug-likeness (QED) is 0.811. The van der Waals surface area contributed by atoms with Crippen LogP contribution in [0.1, 0.15) is 31.0 Å². The number of aromatic nitrogens is 2. The number of aryl methyl sites for hydroxylation is 2. The van der Waals surface area contributed by atoms with Gasteiger partial charge in [-0.25, -0.2) is 4.98 Å². The highest BCUT2D eigenvalue weighted by molar-refractivity contribution is 5.47. The largest absolute Gasteiger partial charge is 0.355 e. The number of nitrogens with one attached hydrogen (secondary N) is 1. The lowest BCUT2D eigenvalue weighted by molar-refractivity contribution is 0.822. The fourth-order valence-electron chi connectivity index (χ4n) is 2.02. The zero-order valence-corrected chi connectivity index (χ0v) is 11.4. The van der Waals surface area contributed by atoms with Crippen LogP contribution in [0.15, 0.2) is 30.5 Å². The van der Waals surface area contributed by atoms with Crippen LogP contribution in [0, 0.1) is 13.8 Å². The molecule has 2 rings (SSSR count). The molecule has 18 heavy (non-hydrogen) atoms. The Bertz CT molecular complexity index is 514. The number of hydrogen-bond donors (Lipinski definition) is 1. The zero-order chi connectivity index (χ0) is 13.0. The molecular formula is C15H21N3. The summed E-state index contributed by atoms with van der Waals surface area (Å²) < 4.78 is 2.14. The molecule has 3 heteroatoms. The van der Waals surface area contributed by atoms with E-state index in [2.05, 4.69) is 59.2 Å². The van der Waals surface area contributed by atoms with Gasteiger partial charge in [-0.1, -0.05) is 31.5 Å². The Morgan fingerprint density at radius 3 is 2.72 bits per heavy atom. The maximum atomic E-state index is 4.55. The van der Waals surface area contributed by atoms with E-state index in [1.54, 1.807) is 0 Å². The summed E-state index contributed by atoms with van der Waals surface area (Å²) in [6.45, 7) is 7.32. The monoisotopic (exact) mass is 243 g/mol. The van der Waals surface area contributed by atoms with E-state index in [1.807, 2.05) is 6.92 Å². The summed E-state index contributed by atoms with van der Waals surface area (Å²) in [5.74, 6) is 0.940. The molecule has 1 aromatic carbocycles. The van der Waals surface area contributed by atoms with E-state index in [-0.39, 0.29) is 0 Å². The topological polar surface area (TPSA) is 29.9 Å². The Labute approximate surface area is 109 Å². The van der Waals surface area contributed by atoms with E-state index in [0.29, 0.717) is 0 Å². The van der Waals surface area contributed by atoms with E-state index < -0.39 is 0 Å². The summed E-state index contributed by atoms with van der Waals surface area (Å²) >= 11 is 0. The van der Waals surface area contributed by atoms with Crippen LogP contribution < -0.4 is 5.32 Å². The Hall–Kier alpha value is -1.77. The number of imidazole rings is 1. The maximum absolute atomic E-state index is 4.55. The second-order valence-corrected chi connectivity index (χ2v) is 4.64. The average Bonchev–Trinajstić information content (AvgIpc) is 2.71. The Balaban J connectivity index is 2.30.